The Morgan fingerprint density at radius 2 is 1.96 bits per heavy atom. The lowest BCUT2D eigenvalue weighted by molar-refractivity contribution is -0.120. The predicted molar refractivity (Wildman–Crippen MR) is 92.1 cm³/mol. The number of carbonyl (C=O) groups excluding carboxylic acids is 1. The van der Waals surface area contributed by atoms with Crippen LogP contribution in [0.1, 0.15) is 29.6 Å². The van der Waals surface area contributed by atoms with Crippen molar-refractivity contribution in [3.05, 3.63) is 28.8 Å². The molecule has 0 aliphatic rings. The van der Waals surface area contributed by atoms with Gasteiger partial charge in [0.05, 0.1) is 12.1 Å². The molecule has 24 heavy (non-hydrogen) atoms. The third-order valence-electron chi connectivity index (χ3n) is 3.46. The van der Waals surface area contributed by atoms with Crippen LogP contribution in [-0.4, -0.2) is 40.7 Å². The minimum absolute atomic E-state index is 0.0651. The van der Waals surface area contributed by atoms with Crippen LogP contribution in [-0.2, 0) is 11.2 Å². The van der Waals surface area contributed by atoms with Crippen LogP contribution < -0.4 is 16.0 Å². The molecule has 0 saturated carbocycles. The van der Waals surface area contributed by atoms with Crippen molar-refractivity contribution in [1.82, 2.24) is 20.4 Å². The van der Waals surface area contributed by atoms with E-state index < -0.39 is 0 Å². The zero-order chi connectivity index (χ0) is 17.5. The molecule has 0 atom stereocenters. The highest BCUT2D eigenvalue weighted by molar-refractivity contribution is 5.79. The average Bonchev–Trinajstić information content (AvgIpc) is 2.83. The lowest BCUT2D eigenvalue weighted by atomic mass is 10.1. The van der Waals surface area contributed by atoms with Gasteiger partial charge in [0.2, 0.25) is 11.9 Å². The van der Waals surface area contributed by atoms with Crippen LogP contribution in [0.3, 0.4) is 0 Å². The Kier molecular flexibility index (Phi) is 6.11. The van der Waals surface area contributed by atoms with E-state index in [1.54, 1.807) is 6.92 Å². The normalized spacial score (nSPS) is 10.5. The molecule has 1 amide bonds. The van der Waals surface area contributed by atoms with Crippen molar-refractivity contribution in [3.63, 3.8) is 0 Å². The van der Waals surface area contributed by atoms with Crippen LogP contribution in [0, 0.1) is 20.8 Å². The molecule has 2 aromatic rings. The molecule has 2 heterocycles. The monoisotopic (exact) mass is 332 g/mol. The molecule has 0 fully saturated rings. The first kappa shape index (κ1) is 17.7. The topological polar surface area (TPSA) is 105 Å². The fraction of sp³-hybridized carbons (Fsp3) is 0.500. The summed E-state index contributed by atoms with van der Waals surface area (Å²) in [6, 6.07) is 1.89. The second kappa shape index (κ2) is 8.28. The van der Waals surface area contributed by atoms with Crippen LogP contribution in [0.2, 0.25) is 0 Å². The largest absolute Gasteiger partial charge is 0.370 e. The molecule has 2 aromatic heterocycles. The molecule has 0 unspecified atom stereocenters. The van der Waals surface area contributed by atoms with Gasteiger partial charge in [-0.25, -0.2) is 4.98 Å². The van der Waals surface area contributed by atoms with E-state index in [1.807, 2.05) is 26.8 Å². The number of carbonyl (C=O) groups is 1. The van der Waals surface area contributed by atoms with Crippen molar-refractivity contribution in [2.24, 2.45) is 0 Å². The number of nitrogens with zero attached hydrogens (tertiary/aromatic N) is 3. The number of rotatable bonds is 8. The minimum Gasteiger partial charge on any atom is -0.370 e. The Morgan fingerprint density at radius 3 is 2.62 bits per heavy atom. The molecule has 0 aliphatic heterocycles. The Labute approximate surface area is 141 Å². The minimum atomic E-state index is -0.0651. The standard InChI is InChI=1S/C16H24N6O2/c1-5-17-14-8-10(2)20-16(21-14)19-7-6-18-15(23)9-13-11(3)22-24-12(13)4/h8H,5-7,9H2,1-4H3,(H,18,23)(H2,17,19,20,21). The fourth-order valence-corrected chi connectivity index (χ4v) is 2.27. The molecule has 130 valence electrons. The maximum absolute atomic E-state index is 12.0. The Morgan fingerprint density at radius 1 is 1.17 bits per heavy atom. The fourth-order valence-electron chi connectivity index (χ4n) is 2.27. The summed E-state index contributed by atoms with van der Waals surface area (Å²) in [7, 11) is 0. The second-order valence-electron chi connectivity index (χ2n) is 5.50. The van der Waals surface area contributed by atoms with E-state index in [1.165, 1.54) is 0 Å². The number of amides is 1. The van der Waals surface area contributed by atoms with Crippen molar-refractivity contribution >= 4 is 17.7 Å². The van der Waals surface area contributed by atoms with E-state index in [0.717, 1.165) is 29.3 Å². The maximum Gasteiger partial charge on any atom is 0.224 e. The van der Waals surface area contributed by atoms with Gasteiger partial charge in [-0.15, -0.1) is 0 Å². The summed E-state index contributed by atoms with van der Waals surface area (Å²) in [4.78, 5) is 20.6. The number of hydrogen-bond acceptors (Lipinski definition) is 7. The molecule has 0 aliphatic carbocycles. The first-order valence-electron chi connectivity index (χ1n) is 8.01. The molecule has 3 N–H and O–H groups in total. The lowest BCUT2D eigenvalue weighted by Gasteiger charge is -2.09. The van der Waals surface area contributed by atoms with Gasteiger partial charge in [-0.1, -0.05) is 5.16 Å². The summed E-state index contributed by atoms with van der Waals surface area (Å²) >= 11 is 0. The molecular weight excluding hydrogens is 308 g/mol. The lowest BCUT2D eigenvalue weighted by Crippen LogP contribution is -2.30. The van der Waals surface area contributed by atoms with Gasteiger partial charge in [0.1, 0.15) is 11.6 Å². The van der Waals surface area contributed by atoms with Crippen molar-refractivity contribution < 1.29 is 9.32 Å². The third-order valence-corrected chi connectivity index (χ3v) is 3.46. The number of aromatic nitrogens is 3. The summed E-state index contributed by atoms with van der Waals surface area (Å²) < 4.78 is 5.06. The van der Waals surface area contributed by atoms with E-state index in [2.05, 4.69) is 31.1 Å². The van der Waals surface area contributed by atoms with Gasteiger partial charge >= 0.3 is 0 Å². The van der Waals surface area contributed by atoms with Crippen LogP contribution >= 0.6 is 0 Å². The maximum atomic E-state index is 12.0. The van der Waals surface area contributed by atoms with Crippen LogP contribution in [0.25, 0.3) is 0 Å². The molecule has 0 spiro atoms. The number of anilines is 2. The summed E-state index contributed by atoms with van der Waals surface area (Å²) in [5.74, 6) is 1.95. The summed E-state index contributed by atoms with van der Waals surface area (Å²) in [6.07, 6.45) is 0.271. The van der Waals surface area contributed by atoms with E-state index in [-0.39, 0.29) is 12.3 Å². The predicted octanol–water partition coefficient (Wildman–Crippen LogP) is 1.59. The molecule has 0 saturated heterocycles. The quantitative estimate of drug-likeness (QED) is 0.630. The van der Waals surface area contributed by atoms with E-state index in [4.69, 9.17) is 4.52 Å². The van der Waals surface area contributed by atoms with E-state index in [9.17, 15) is 4.79 Å². The van der Waals surface area contributed by atoms with Gasteiger partial charge in [0, 0.05) is 37.0 Å². The third kappa shape index (κ3) is 4.94. The zero-order valence-corrected chi connectivity index (χ0v) is 14.6. The summed E-state index contributed by atoms with van der Waals surface area (Å²) in [5.41, 5.74) is 2.48. The molecule has 2 rings (SSSR count). The molecule has 0 aromatic carbocycles. The zero-order valence-electron chi connectivity index (χ0n) is 14.6. The first-order valence-corrected chi connectivity index (χ1v) is 8.01. The van der Waals surface area contributed by atoms with Crippen LogP contribution in [0.15, 0.2) is 10.6 Å². The smallest absolute Gasteiger partial charge is 0.224 e. The summed E-state index contributed by atoms with van der Waals surface area (Å²) in [5, 5.41) is 13.0. The Bertz CT molecular complexity index is 678. The molecule has 0 radical (unpaired) electrons. The Balaban J connectivity index is 1.77. The van der Waals surface area contributed by atoms with Crippen molar-refractivity contribution in [2.75, 3.05) is 30.3 Å². The van der Waals surface area contributed by atoms with Gasteiger partial charge in [-0.2, -0.15) is 4.98 Å². The van der Waals surface area contributed by atoms with E-state index in [0.29, 0.717) is 24.8 Å². The van der Waals surface area contributed by atoms with Crippen molar-refractivity contribution in [3.8, 4) is 0 Å². The van der Waals surface area contributed by atoms with Gasteiger partial charge in [-0.3, -0.25) is 4.79 Å². The first-order chi connectivity index (χ1) is 11.5. The highest BCUT2D eigenvalue weighted by atomic mass is 16.5. The molecule has 8 heteroatoms. The number of aryl methyl sites for hydroxylation is 3. The van der Waals surface area contributed by atoms with Crippen molar-refractivity contribution in [1.29, 1.82) is 0 Å². The van der Waals surface area contributed by atoms with Crippen LogP contribution in [0.5, 0.6) is 0 Å². The Hall–Kier alpha value is -2.64. The van der Waals surface area contributed by atoms with Gasteiger partial charge in [0.25, 0.3) is 0 Å². The average molecular weight is 332 g/mol. The van der Waals surface area contributed by atoms with Gasteiger partial charge in [0.15, 0.2) is 0 Å². The highest BCUT2D eigenvalue weighted by Gasteiger charge is 2.12. The van der Waals surface area contributed by atoms with Gasteiger partial charge < -0.3 is 20.5 Å². The van der Waals surface area contributed by atoms with Crippen LogP contribution in [0.4, 0.5) is 11.8 Å². The number of hydrogen-bond donors (Lipinski definition) is 3. The molecule has 8 nitrogen and oxygen atoms in total. The molecular formula is C16H24N6O2. The van der Waals surface area contributed by atoms with Gasteiger partial charge in [-0.05, 0) is 27.7 Å². The SMILES string of the molecule is CCNc1cc(C)nc(NCCNC(=O)Cc2c(C)noc2C)n1. The second-order valence-corrected chi connectivity index (χ2v) is 5.50. The summed E-state index contributed by atoms with van der Waals surface area (Å²) in [6.45, 7) is 9.39. The molecule has 0 bridgehead atoms. The van der Waals surface area contributed by atoms with Crippen molar-refractivity contribution in [2.45, 2.75) is 34.1 Å². The van der Waals surface area contributed by atoms with E-state index >= 15 is 0 Å². The highest BCUT2D eigenvalue weighted by Crippen LogP contribution is 2.12. The number of nitrogens with one attached hydrogen (secondary N) is 3.